The minimum atomic E-state index is -0.133. The Kier molecular flexibility index (Phi) is 4.46. The van der Waals surface area contributed by atoms with Gasteiger partial charge in [-0.05, 0) is 13.3 Å². The zero-order valence-corrected chi connectivity index (χ0v) is 14.1. The molecule has 0 saturated heterocycles. The molecule has 2 aromatic rings. The van der Waals surface area contributed by atoms with Gasteiger partial charge in [0.15, 0.2) is 0 Å². The van der Waals surface area contributed by atoms with Crippen molar-refractivity contribution in [1.82, 2.24) is 15.0 Å². The number of aromatic nitrogens is 3. The number of hydrogen-bond donors (Lipinski definition) is 2. The third-order valence-electron chi connectivity index (χ3n) is 3.07. The molecule has 2 aromatic heterocycles. The first-order valence-corrected chi connectivity index (χ1v) is 7.97. The second-order valence-corrected chi connectivity index (χ2v) is 7.28. The first-order valence-electron chi connectivity index (χ1n) is 7.15. The molecule has 5 nitrogen and oxygen atoms in total. The van der Waals surface area contributed by atoms with Gasteiger partial charge in [-0.15, -0.1) is 11.3 Å². The molecule has 0 aromatic carbocycles. The lowest BCUT2D eigenvalue weighted by Gasteiger charge is -2.19. The lowest BCUT2D eigenvalue weighted by Crippen LogP contribution is -2.19. The summed E-state index contributed by atoms with van der Waals surface area (Å²) in [5.41, 5.74) is 5.76. The van der Waals surface area contributed by atoms with E-state index in [-0.39, 0.29) is 11.5 Å². The van der Waals surface area contributed by atoms with Crippen molar-refractivity contribution >= 4 is 23.0 Å². The van der Waals surface area contributed by atoms with Crippen LogP contribution < -0.4 is 11.1 Å². The number of aryl methyl sites for hydroxylation is 1. The van der Waals surface area contributed by atoms with E-state index in [9.17, 15) is 0 Å². The van der Waals surface area contributed by atoms with Crippen LogP contribution in [0.4, 0.5) is 11.6 Å². The molecule has 0 radical (unpaired) electrons. The maximum atomic E-state index is 5.89. The van der Waals surface area contributed by atoms with Crippen LogP contribution in [-0.4, -0.2) is 15.0 Å². The molecule has 0 aliphatic carbocycles. The quantitative estimate of drug-likeness (QED) is 0.903. The largest absolute Gasteiger partial charge is 0.384 e. The van der Waals surface area contributed by atoms with E-state index in [0.717, 1.165) is 23.1 Å². The topological polar surface area (TPSA) is 76.7 Å². The van der Waals surface area contributed by atoms with Gasteiger partial charge in [-0.3, -0.25) is 0 Å². The summed E-state index contributed by atoms with van der Waals surface area (Å²) in [4.78, 5) is 14.6. The normalized spacial score (nSPS) is 13.2. The Hall–Kier alpha value is -1.69. The van der Waals surface area contributed by atoms with Crippen LogP contribution >= 0.6 is 11.3 Å². The standard InChI is InChI=1S/C15H23N5S/c1-6-10-8-17-13(21-10)9(2)18-12-7-11(16)19-14(20-12)15(3,4)5/h7-9H,6H2,1-5H3,(H3,16,18,19,20). The van der Waals surface area contributed by atoms with E-state index >= 15 is 0 Å². The van der Waals surface area contributed by atoms with Gasteiger partial charge in [0.2, 0.25) is 0 Å². The molecule has 114 valence electrons. The highest BCUT2D eigenvalue weighted by atomic mass is 32.1. The summed E-state index contributed by atoms with van der Waals surface area (Å²) in [5, 5.41) is 4.42. The fourth-order valence-corrected chi connectivity index (χ4v) is 2.70. The molecule has 0 spiro atoms. The molecular weight excluding hydrogens is 282 g/mol. The third kappa shape index (κ3) is 3.91. The summed E-state index contributed by atoms with van der Waals surface area (Å²) < 4.78 is 0. The molecule has 0 fully saturated rings. The Bertz CT molecular complexity index is 615. The van der Waals surface area contributed by atoms with Crippen molar-refractivity contribution in [2.45, 2.75) is 52.5 Å². The van der Waals surface area contributed by atoms with E-state index in [1.807, 2.05) is 6.20 Å². The lowest BCUT2D eigenvalue weighted by molar-refractivity contribution is 0.546. The lowest BCUT2D eigenvalue weighted by atomic mass is 9.96. The molecule has 21 heavy (non-hydrogen) atoms. The minimum absolute atomic E-state index is 0.0948. The van der Waals surface area contributed by atoms with Crippen LogP contribution in [0.5, 0.6) is 0 Å². The predicted molar refractivity (Wildman–Crippen MR) is 88.7 cm³/mol. The van der Waals surface area contributed by atoms with Gasteiger partial charge in [0.1, 0.15) is 22.5 Å². The van der Waals surface area contributed by atoms with Crippen LogP contribution in [0.3, 0.4) is 0 Å². The van der Waals surface area contributed by atoms with Crippen LogP contribution in [0, 0.1) is 0 Å². The summed E-state index contributed by atoms with van der Waals surface area (Å²) in [7, 11) is 0. The molecule has 0 saturated carbocycles. The number of hydrogen-bond acceptors (Lipinski definition) is 6. The zero-order chi connectivity index (χ0) is 15.6. The van der Waals surface area contributed by atoms with Crippen molar-refractivity contribution in [3.63, 3.8) is 0 Å². The van der Waals surface area contributed by atoms with E-state index in [1.54, 1.807) is 17.4 Å². The van der Waals surface area contributed by atoms with Crippen molar-refractivity contribution in [2.24, 2.45) is 0 Å². The molecule has 0 aliphatic heterocycles. The second-order valence-electron chi connectivity index (χ2n) is 6.14. The Morgan fingerprint density at radius 1 is 1.33 bits per heavy atom. The van der Waals surface area contributed by atoms with Gasteiger partial charge in [-0.1, -0.05) is 27.7 Å². The Balaban J connectivity index is 2.20. The Morgan fingerprint density at radius 2 is 2.05 bits per heavy atom. The van der Waals surface area contributed by atoms with Crippen molar-refractivity contribution in [3.05, 3.63) is 28.0 Å². The first-order chi connectivity index (χ1) is 9.79. The van der Waals surface area contributed by atoms with Gasteiger partial charge in [-0.2, -0.15) is 0 Å². The summed E-state index contributed by atoms with van der Waals surface area (Å²) in [6.07, 6.45) is 2.95. The molecule has 2 heterocycles. The predicted octanol–water partition coefficient (Wildman–Crippen LogP) is 3.55. The van der Waals surface area contributed by atoms with E-state index < -0.39 is 0 Å². The van der Waals surface area contributed by atoms with Crippen LogP contribution in [0.15, 0.2) is 12.3 Å². The summed E-state index contributed by atoms with van der Waals surface area (Å²) in [6, 6.07) is 1.86. The number of nitrogens with zero attached hydrogens (tertiary/aromatic N) is 3. The summed E-state index contributed by atoms with van der Waals surface area (Å²) >= 11 is 1.73. The highest BCUT2D eigenvalue weighted by molar-refractivity contribution is 7.11. The van der Waals surface area contributed by atoms with Crippen LogP contribution in [0.25, 0.3) is 0 Å². The molecular formula is C15H23N5S. The fourth-order valence-electron chi connectivity index (χ4n) is 1.85. The van der Waals surface area contributed by atoms with Gasteiger partial charge >= 0.3 is 0 Å². The third-order valence-corrected chi connectivity index (χ3v) is 4.40. The van der Waals surface area contributed by atoms with Crippen LogP contribution in [0.1, 0.15) is 56.4 Å². The average molecular weight is 305 g/mol. The van der Waals surface area contributed by atoms with Gasteiger partial charge in [0.05, 0.1) is 6.04 Å². The SMILES string of the molecule is CCc1cnc(C(C)Nc2cc(N)nc(C(C)(C)C)n2)s1. The minimum Gasteiger partial charge on any atom is -0.384 e. The number of thiazole rings is 1. The molecule has 2 rings (SSSR count). The first kappa shape index (κ1) is 15.7. The van der Waals surface area contributed by atoms with Gasteiger partial charge in [-0.25, -0.2) is 15.0 Å². The number of nitrogens with two attached hydrogens (primary N) is 1. The molecule has 0 bridgehead atoms. The maximum absolute atomic E-state index is 5.89. The zero-order valence-electron chi connectivity index (χ0n) is 13.3. The van der Waals surface area contributed by atoms with Crippen molar-refractivity contribution < 1.29 is 0 Å². The fraction of sp³-hybridized carbons (Fsp3) is 0.533. The van der Waals surface area contributed by atoms with E-state index in [4.69, 9.17) is 5.73 Å². The number of anilines is 2. The van der Waals surface area contributed by atoms with E-state index in [2.05, 4.69) is 54.9 Å². The van der Waals surface area contributed by atoms with Crippen LogP contribution in [-0.2, 0) is 11.8 Å². The second kappa shape index (κ2) is 5.97. The molecule has 0 aliphatic rings. The van der Waals surface area contributed by atoms with Crippen molar-refractivity contribution in [1.29, 1.82) is 0 Å². The van der Waals surface area contributed by atoms with E-state index in [0.29, 0.717) is 5.82 Å². The number of nitrogen functional groups attached to an aromatic ring is 1. The molecule has 6 heteroatoms. The Labute approximate surface area is 130 Å². The number of nitrogens with one attached hydrogen (secondary N) is 1. The number of rotatable bonds is 4. The van der Waals surface area contributed by atoms with Crippen molar-refractivity contribution in [2.75, 3.05) is 11.1 Å². The van der Waals surface area contributed by atoms with Gasteiger partial charge in [0, 0.05) is 22.6 Å². The highest BCUT2D eigenvalue weighted by Crippen LogP contribution is 2.26. The molecule has 1 unspecified atom stereocenters. The van der Waals surface area contributed by atoms with E-state index in [1.165, 1.54) is 4.88 Å². The molecule has 1 atom stereocenters. The molecule has 0 amide bonds. The van der Waals surface area contributed by atoms with Gasteiger partial charge in [0.25, 0.3) is 0 Å². The van der Waals surface area contributed by atoms with Crippen molar-refractivity contribution in [3.8, 4) is 0 Å². The highest BCUT2D eigenvalue weighted by Gasteiger charge is 2.19. The summed E-state index contributed by atoms with van der Waals surface area (Å²) in [6.45, 7) is 10.4. The Morgan fingerprint density at radius 3 is 2.62 bits per heavy atom. The van der Waals surface area contributed by atoms with Gasteiger partial charge < -0.3 is 11.1 Å². The summed E-state index contributed by atoms with van der Waals surface area (Å²) in [5.74, 6) is 1.97. The smallest absolute Gasteiger partial charge is 0.138 e. The maximum Gasteiger partial charge on any atom is 0.138 e. The average Bonchev–Trinajstić information content (AvgIpc) is 2.85. The molecule has 3 N–H and O–H groups in total. The monoisotopic (exact) mass is 305 g/mol. The van der Waals surface area contributed by atoms with Crippen LogP contribution in [0.2, 0.25) is 0 Å².